The quantitative estimate of drug-likeness (QED) is 0.841. The lowest BCUT2D eigenvalue weighted by Gasteiger charge is -2.12. The van der Waals surface area contributed by atoms with Crippen molar-refractivity contribution in [2.75, 3.05) is 11.9 Å². The van der Waals surface area contributed by atoms with Crippen molar-refractivity contribution in [2.24, 2.45) is 0 Å². The Labute approximate surface area is 124 Å². The summed E-state index contributed by atoms with van der Waals surface area (Å²) in [7, 11) is 0. The smallest absolute Gasteiger partial charge is 0.149 e. The summed E-state index contributed by atoms with van der Waals surface area (Å²) in [5, 5.41) is 3.12. The van der Waals surface area contributed by atoms with Gasteiger partial charge in [-0.3, -0.25) is 0 Å². The first kappa shape index (κ1) is 14.8. The van der Waals surface area contributed by atoms with Crippen molar-refractivity contribution < 1.29 is 8.78 Å². The molecule has 106 valence electrons. The Morgan fingerprint density at radius 2 is 2.00 bits per heavy atom. The van der Waals surface area contributed by atoms with Crippen molar-refractivity contribution in [3.8, 4) is 11.3 Å². The van der Waals surface area contributed by atoms with Crippen LogP contribution in [-0.2, 0) is 0 Å². The predicted molar refractivity (Wildman–Crippen MR) is 78.6 cm³/mol. The van der Waals surface area contributed by atoms with Gasteiger partial charge in [0.1, 0.15) is 23.8 Å². The van der Waals surface area contributed by atoms with Crippen LogP contribution in [0.1, 0.15) is 18.9 Å². The molecule has 1 aromatic heterocycles. The van der Waals surface area contributed by atoms with Gasteiger partial charge < -0.3 is 5.32 Å². The predicted octanol–water partition coefficient (Wildman–Crippen LogP) is 4.31. The fourth-order valence-corrected chi connectivity index (χ4v) is 2.20. The Morgan fingerprint density at radius 1 is 1.25 bits per heavy atom. The van der Waals surface area contributed by atoms with Crippen molar-refractivity contribution in [1.29, 1.82) is 0 Å². The molecule has 1 N–H and O–H groups in total. The van der Waals surface area contributed by atoms with Crippen molar-refractivity contribution >= 4 is 21.7 Å². The van der Waals surface area contributed by atoms with Crippen molar-refractivity contribution in [1.82, 2.24) is 9.97 Å². The summed E-state index contributed by atoms with van der Waals surface area (Å²) in [6.07, 6.45) is 2.23. The van der Waals surface area contributed by atoms with E-state index in [0.717, 1.165) is 13.0 Å². The molecule has 0 amide bonds. The van der Waals surface area contributed by atoms with Crippen molar-refractivity contribution in [2.45, 2.75) is 20.3 Å². The topological polar surface area (TPSA) is 37.8 Å². The molecule has 1 heterocycles. The SMILES string of the molecule is CCCNc1ncnc(-c2c(F)ccc(Br)c2F)c1C. The number of aromatic nitrogens is 2. The molecule has 0 saturated heterocycles. The van der Waals surface area contributed by atoms with E-state index in [9.17, 15) is 8.78 Å². The number of halogens is 3. The third kappa shape index (κ3) is 2.80. The van der Waals surface area contributed by atoms with E-state index < -0.39 is 11.6 Å². The zero-order valence-corrected chi connectivity index (χ0v) is 12.8. The maximum atomic E-state index is 14.1. The summed E-state index contributed by atoms with van der Waals surface area (Å²) in [4.78, 5) is 8.13. The molecule has 0 unspecified atom stereocenters. The number of hydrogen-bond acceptors (Lipinski definition) is 3. The van der Waals surface area contributed by atoms with Gasteiger partial charge in [0.2, 0.25) is 0 Å². The zero-order chi connectivity index (χ0) is 14.7. The summed E-state index contributed by atoms with van der Waals surface area (Å²) in [5.41, 5.74) is 0.741. The standard InChI is InChI=1S/C14H14BrF2N3/c1-3-6-18-14-8(2)13(19-7-20-14)11-10(16)5-4-9(15)12(11)17/h4-5,7H,3,6H2,1-2H3,(H,18,19,20). The summed E-state index contributed by atoms with van der Waals surface area (Å²) < 4.78 is 28.3. The van der Waals surface area contributed by atoms with Crippen LogP contribution in [0.25, 0.3) is 11.3 Å². The first-order valence-electron chi connectivity index (χ1n) is 6.25. The molecule has 0 fully saturated rings. The van der Waals surface area contributed by atoms with Gasteiger partial charge in [0, 0.05) is 12.1 Å². The molecule has 0 saturated carbocycles. The second kappa shape index (κ2) is 6.26. The number of hydrogen-bond donors (Lipinski definition) is 1. The van der Waals surface area contributed by atoms with Crippen LogP contribution in [0.3, 0.4) is 0 Å². The Kier molecular flexibility index (Phi) is 4.65. The van der Waals surface area contributed by atoms with E-state index in [4.69, 9.17) is 0 Å². The highest BCUT2D eigenvalue weighted by Crippen LogP contribution is 2.32. The summed E-state index contributed by atoms with van der Waals surface area (Å²) in [6, 6.07) is 2.55. The second-order valence-corrected chi connectivity index (χ2v) is 5.20. The van der Waals surface area contributed by atoms with E-state index >= 15 is 0 Å². The summed E-state index contributed by atoms with van der Waals surface area (Å²) >= 11 is 3.06. The van der Waals surface area contributed by atoms with E-state index in [1.807, 2.05) is 6.92 Å². The van der Waals surface area contributed by atoms with Gasteiger partial charge in [-0.1, -0.05) is 6.92 Å². The van der Waals surface area contributed by atoms with Crippen LogP contribution in [-0.4, -0.2) is 16.5 Å². The lowest BCUT2D eigenvalue weighted by Crippen LogP contribution is -2.06. The molecule has 2 rings (SSSR count). The molecule has 0 bridgehead atoms. The molecular formula is C14H14BrF2N3. The molecule has 0 radical (unpaired) electrons. The molecule has 0 spiro atoms. The van der Waals surface area contributed by atoms with Crippen LogP contribution in [0.5, 0.6) is 0 Å². The largest absolute Gasteiger partial charge is 0.370 e. The van der Waals surface area contributed by atoms with Gasteiger partial charge in [-0.05, 0) is 41.4 Å². The highest BCUT2D eigenvalue weighted by atomic mass is 79.9. The maximum absolute atomic E-state index is 14.1. The third-order valence-electron chi connectivity index (χ3n) is 2.91. The summed E-state index contributed by atoms with van der Waals surface area (Å²) in [6.45, 7) is 4.51. The number of anilines is 1. The van der Waals surface area contributed by atoms with E-state index in [-0.39, 0.29) is 15.7 Å². The molecule has 0 aliphatic rings. The first-order valence-corrected chi connectivity index (χ1v) is 7.04. The van der Waals surface area contributed by atoms with Crippen LogP contribution in [0.4, 0.5) is 14.6 Å². The minimum absolute atomic E-state index is 0.140. The Bertz CT molecular complexity index is 632. The number of benzene rings is 1. The van der Waals surface area contributed by atoms with Gasteiger partial charge in [-0.25, -0.2) is 18.7 Å². The van der Waals surface area contributed by atoms with Gasteiger partial charge in [0.15, 0.2) is 0 Å². The first-order chi connectivity index (χ1) is 9.56. The van der Waals surface area contributed by atoms with Gasteiger partial charge >= 0.3 is 0 Å². The fraction of sp³-hybridized carbons (Fsp3) is 0.286. The van der Waals surface area contributed by atoms with Gasteiger partial charge in [-0.15, -0.1) is 0 Å². The molecule has 0 aliphatic carbocycles. The minimum Gasteiger partial charge on any atom is -0.370 e. The van der Waals surface area contributed by atoms with Crippen LogP contribution in [0.2, 0.25) is 0 Å². The van der Waals surface area contributed by atoms with E-state index in [1.165, 1.54) is 18.5 Å². The van der Waals surface area contributed by atoms with Crippen LogP contribution < -0.4 is 5.32 Å². The number of rotatable bonds is 4. The molecule has 1 aromatic carbocycles. The van der Waals surface area contributed by atoms with E-state index in [2.05, 4.69) is 31.2 Å². The minimum atomic E-state index is -0.659. The van der Waals surface area contributed by atoms with E-state index in [0.29, 0.717) is 11.4 Å². The Balaban J connectivity index is 2.56. The van der Waals surface area contributed by atoms with Gasteiger partial charge in [-0.2, -0.15) is 0 Å². The lowest BCUT2D eigenvalue weighted by atomic mass is 10.1. The van der Waals surface area contributed by atoms with Crippen LogP contribution in [0.15, 0.2) is 22.9 Å². The molecule has 6 heteroatoms. The average molecular weight is 342 g/mol. The third-order valence-corrected chi connectivity index (χ3v) is 3.52. The van der Waals surface area contributed by atoms with Crippen molar-refractivity contribution in [3.05, 3.63) is 40.1 Å². The average Bonchev–Trinajstić information content (AvgIpc) is 2.44. The van der Waals surface area contributed by atoms with E-state index in [1.54, 1.807) is 6.92 Å². The molecular weight excluding hydrogens is 328 g/mol. The zero-order valence-electron chi connectivity index (χ0n) is 11.2. The molecule has 0 aliphatic heterocycles. The Morgan fingerprint density at radius 3 is 2.70 bits per heavy atom. The highest BCUT2D eigenvalue weighted by Gasteiger charge is 2.19. The number of nitrogens with zero attached hydrogens (tertiary/aromatic N) is 2. The number of nitrogens with one attached hydrogen (secondary N) is 1. The molecule has 20 heavy (non-hydrogen) atoms. The van der Waals surface area contributed by atoms with Crippen LogP contribution in [0, 0.1) is 18.6 Å². The molecule has 3 nitrogen and oxygen atoms in total. The monoisotopic (exact) mass is 341 g/mol. The van der Waals surface area contributed by atoms with Crippen LogP contribution >= 0.6 is 15.9 Å². The summed E-state index contributed by atoms with van der Waals surface area (Å²) in [5.74, 6) is -0.710. The second-order valence-electron chi connectivity index (χ2n) is 4.34. The van der Waals surface area contributed by atoms with Gasteiger partial charge in [0.05, 0.1) is 15.7 Å². The lowest BCUT2D eigenvalue weighted by molar-refractivity contribution is 0.584. The normalized spacial score (nSPS) is 10.7. The maximum Gasteiger partial charge on any atom is 0.149 e. The van der Waals surface area contributed by atoms with Crippen molar-refractivity contribution in [3.63, 3.8) is 0 Å². The highest BCUT2D eigenvalue weighted by molar-refractivity contribution is 9.10. The Hall–Kier alpha value is -1.56. The molecule has 2 aromatic rings. The van der Waals surface area contributed by atoms with Gasteiger partial charge in [0.25, 0.3) is 0 Å². The molecule has 0 atom stereocenters. The fourth-order valence-electron chi connectivity index (χ4n) is 1.87.